The summed E-state index contributed by atoms with van der Waals surface area (Å²) in [7, 11) is 0. The molecule has 0 aromatic heterocycles. The van der Waals surface area contributed by atoms with E-state index in [0.29, 0.717) is 57.4 Å². The quantitative estimate of drug-likeness (QED) is 0.871. The molecule has 1 aromatic carbocycles. The van der Waals surface area contributed by atoms with Crippen LogP contribution in [0.2, 0.25) is 0 Å². The molecule has 0 atom stereocenters. The van der Waals surface area contributed by atoms with Gasteiger partial charge in [0.1, 0.15) is 5.82 Å². The molecule has 0 radical (unpaired) electrons. The van der Waals surface area contributed by atoms with E-state index in [1.165, 1.54) is 6.07 Å². The molecule has 0 unspecified atom stereocenters. The Balaban J connectivity index is 1.47. The SMILES string of the molecule is O=C(O)C1CCC(C(=O)N2CCN(C(=O)Cc3ccccc3F)CC2)CC1. The maximum Gasteiger partial charge on any atom is 0.306 e. The lowest BCUT2D eigenvalue weighted by atomic mass is 9.81. The van der Waals surface area contributed by atoms with Crippen molar-refractivity contribution in [1.29, 1.82) is 0 Å². The Kier molecular flexibility index (Phi) is 6.08. The van der Waals surface area contributed by atoms with Crippen LogP contribution in [0, 0.1) is 17.7 Å². The van der Waals surface area contributed by atoms with Crippen LogP contribution in [0.25, 0.3) is 0 Å². The van der Waals surface area contributed by atoms with E-state index < -0.39 is 5.97 Å². The molecule has 6 nitrogen and oxygen atoms in total. The van der Waals surface area contributed by atoms with Gasteiger partial charge in [0.15, 0.2) is 0 Å². The van der Waals surface area contributed by atoms with Crippen molar-refractivity contribution in [2.24, 2.45) is 11.8 Å². The number of aliphatic carboxylic acids is 1. The van der Waals surface area contributed by atoms with Gasteiger partial charge in [0.25, 0.3) is 0 Å². The number of nitrogens with zero attached hydrogens (tertiary/aromatic N) is 2. The van der Waals surface area contributed by atoms with Gasteiger partial charge in [-0.15, -0.1) is 0 Å². The van der Waals surface area contributed by atoms with Crippen LogP contribution < -0.4 is 0 Å². The molecule has 27 heavy (non-hydrogen) atoms. The van der Waals surface area contributed by atoms with Crippen molar-refractivity contribution in [3.8, 4) is 0 Å². The molecule has 1 aliphatic carbocycles. The lowest BCUT2D eigenvalue weighted by Gasteiger charge is -2.37. The van der Waals surface area contributed by atoms with Crippen molar-refractivity contribution in [2.45, 2.75) is 32.1 Å². The zero-order valence-electron chi connectivity index (χ0n) is 15.3. The molecule has 1 aromatic rings. The van der Waals surface area contributed by atoms with Crippen LogP contribution in [0.3, 0.4) is 0 Å². The molecule has 1 saturated carbocycles. The first kappa shape index (κ1) is 19.3. The highest BCUT2D eigenvalue weighted by Gasteiger charge is 2.33. The lowest BCUT2D eigenvalue weighted by Crippen LogP contribution is -2.52. The van der Waals surface area contributed by atoms with Gasteiger partial charge in [-0.3, -0.25) is 14.4 Å². The minimum absolute atomic E-state index is 0.0276. The van der Waals surface area contributed by atoms with Crippen LogP contribution >= 0.6 is 0 Å². The number of rotatable bonds is 4. The third-order valence-electron chi connectivity index (χ3n) is 5.67. The number of benzene rings is 1. The average molecular weight is 376 g/mol. The van der Waals surface area contributed by atoms with E-state index in [-0.39, 0.29) is 35.9 Å². The molecule has 1 N–H and O–H groups in total. The second-order valence-corrected chi connectivity index (χ2v) is 7.36. The van der Waals surface area contributed by atoms with Crippen LogP contribution in [-0.2, 0) is 20.8 Å². The Morgan fingerprint density at radius 2 is 1.48 bits per heavy atom. The predicted molar refractivity (Wildman–Crippen MR) is 96.3 cm³/mol. The monoisotopic (exact) mass is 376 g/mol. The third-order valence-corrected chi connectivity index (χ3v) is 5.67. The van der Waals surface area contributed by atoms with E-state index in [0.717, 1.165) is 0 Å². The van der Waals surface area contributed by atoms with E-state index in [1.807, 2.05) is 0 Å². The molecular formula is C20H25FN2O4. The number of carboxylic acids is 1. The molecule has 2 fully saturated rings. The van der Waals surface area contributed by atoms with Gasteiger partial charge >= 0.3 is 5.97 Å². The molecule has 1 saturated heterocycles. The molecule has 0 bridgehead atoms. The average Bonchev–Trinajstić information content (AvgIpc) is 2.69. The van der Waals surface area contributed by atoms with Gasteiger partial charge in [-0.1, -0.05) is 18.2 Å². The van der Waals surface area contributed by atoms with Crippen molar-refractivity contribution >= 4 is 17.8 Å². The van der Waals surface area contributed by atoms with Crippen LogP contribution in [-0.4, -0.2) is 58.9 Å². The van der Waals surface area contributed by atoms with Gasteiger partial charge in [-0.25, -0.2) is 4.39 Å². The normalized spacial score (nSPS) is 23.1. The first-order valence-electron chi connectivity index (χ1n) is 9.48. The Hall–Kier alpha value is -2.44. The Bertz CT molecular complexity index is 708. The summed E-state index contributed by atoms with van der Waals surface area (Å²) in [5.41, 5.74) is 0.385. The second kappa shape index (κ2) is 8.50. The largest absolute Gasteiger partial charge is 0.481 e. The third kappa shape index (κ3) is 4.64. The number of hydrogen-bond acceptors (Lipinski definition) is 3. The van der Waals surface area contributed by atoms with Crippen molar-refractivity contribution in [3.63, 3.8) is 0 Å². The van der Waals surface area contributed by atoms with Crippen molar-refractivity contribution in [2.75, 3.05) is 26.2 Å². The number of carbonyl (C=O) groups excluding carboxylic acids is 2. The highest BCUT2D eigenvalue weighted by atomic mass is 19.1. The Labute approximate surface area is 157 Å². The number of halogens is 1. The van der Waals surface area contributed by atoms with Crippen LogP contribution in [0.4, 0.5) is 4.39 Å². The van der Waals surface area contributed by atoms with Crippen molar-refractivity contribution in [3.05, 3.63) is 35.6 Å². The highest BCUT2D eigenvalue weighted by molar-refractivity contribution is 5.81. The number of carboxylic acid groups (broad SMARTS) is 1. The summed E-state index contributed by atoms with van der Waals surface area (Å²) in [6.45, 7) is 1.84. The summed E-state index contributed by atoms with van der Waals surface area (Å²) in [5.74, 6) is -1.66. The molecule has 0 spiro atoms. The predicted octanol–water partition coefficient (Wildman–Crippen LogP) is 1.93. The van der Waals surface area contributed by atoms with Gasteiger partial charge in [0.2, 0.25) is 11.8 Å². The number of hydrogen-bond donors (Lipinski definition) is 1. The van der Waals surface area contributed by atoms with Gasteiger partial charge in [-0.05, 0) is 37.3 Å². The summed E-state index contributed by atoms with van der Waals surface area (Å²) in [5, 5.41) is 9.06. The summed E-state index contributed by atoms with van der Waals surface area (Å²) < 4.78 is 13.7. The minimum atomic E-state index is -0.775. The van der Waals surface area contributed by atoms with Gasteiger partial charge < -0.3 is 14.9 Å². The van der Waals surface area contributed by atoms with E-state index in [4.69, 9.17) is 5.11 Å². The van der Waals surface area contributed by atoms with Gasteiger partial charge in [0, 0.05) is 32.1 Å². The number of piperazine rings is 1. The maximum atomic E-state index is 13.7. The fraction of sp³-hybridized carbons (Fsp3) is 0.550. The molecular weight excluding hydrogens is 351 g/mol. The smallest absolute Gasteiger partial charge is 0.306 e. The topological polar surface area (TPSA) is 77.9 Å². The number of carbonyl (C=O) groups is 3. The molecule has 3 rings (SSSR count). The number of amides is 2. The van der Waals surface area contributed by atoms with Crippen LogP contribution in [0.15, 0.2) is 24.3 Å². The van der Waals surface area contributed by atoms with Crippen molar-refractivity contribution < 1.29 is 23.9 Å². The zero-order valence-corrected chi connectivity index (χ0v) is 15.3. The fourth-order valence-electron chi connectivity index (χ4n) is 3.94. The summed E-state index contributed by atoms with van der Waals surface area (Å²) in [6, 6.07) is 6.26. The Morgan fingerprint density at radius 3 is 2.07 bits per heavy atom. The maximum absolute atomic E-state index is 13.7. The zero-order chi connectivity index (χ0) is 19.4. The van der Waals surface area contributed by atoms with Crippen molar-refractivity contribution in [1.82, 2.24) is 9.80 Å². The molecule has 2 amide bonds. The molecule has 1 heterocycles. The van der Waals surface area contributed by atoms with Crippen LogP contribution in [0.1, 0.15) is 31.2 Å². The molecule has 2 aliphatic rings. The fourth-order valence-corrected chi connectivity index (χ4v) is 3.94. The summed E-state index contributed by atoms with van der Waals surface area (Å²) in [4.78, 5) is 39.5. The van der Waals surface area contributed by atoms with E-state index in [1.54, 1.807) is 28.0 Å². The Morgan fingerprint density at radius 1 is 0.926 bits per heavy atom. The van der Waals surface area contributed by atoms with Crippen LogP contribution in [0.5, 0.6) is 0 Å². The van der Waals surface area contributed by atoms with Gasteiger partial charge in [-0.2, -0.15) is 0 Å². The second-order valence-electron chi connectivity index (χ2n) is 7.36. The summed E-state index contributed by atoms with van der Waals surface area (Å²) in [6.07, 6.45) is 2.35. The van der Waals surface area contributed by atoms with E-state index in [2.05, 4.69) is 0 Å². The first-order valence-corrected chi connectivity index (χ1v) is 9.48. The molecule has 146 valence electrons. The molecule has 7 heteroatoms. The highest BCUT2D eigenvalue weighted by Crippen LogP contribution is 2.30. The van der Waals surface area contributed by atoms with E-state index in [9.17, 15) is 18.8 Å². The minimum Gasteiger partial charge on any atom is -0.481 e. The summed E-state index contributed by atoms with van der Waals surface area (Å²) >= 11 is 0. The standard InChI is InChI=1S/C20H25FN2O4/c21-17-4-2-1-3-16(17)13-18(24)22-9-11-23(12-10-22)19(25)14-5-7-15(8-6-14)20(26)27/h1-4,14-15H,5-13H2,(H,26,27). The van der Waals surface area contributed by atoms with Gasteiger partial charge in [0.05, 0.1) is 12.3 Å². The molecule has 1 aliphatic heterocycles. The first-order chi connectivity index (χ1) is 13.0. The lowest BCUT2D eigenvalue weighted by molar-refractivity contribution is -0.146. The van der Waals surface area contributed by atoms with E-state index >= 15 is 0 Å².